The molecule has 1 N–H and O–H groups in total. The van der Waals surface area contributed by atoms with Gasteiger partial charge < -0.3 is 10.1 Å². The third-order valence-electron chi connectivity index (χ3n) is 5.63. The van der Waals surface area contributed by atoms with Gasteiger partial charge in [0.05, 0.1) is 17.4 Å². The highest BCUT2D eigenvalue weighted by molar-refractivity contribution is 7.89. The highest BCUT2D eigenvalue weighted by atomic mass is 35.5. The second kappa shape index (κ2) is 8.96. The van der Waals surface area contributed by atoms with Crippen LogP contribution in [0, 0.1) is 12.3 Å². The zero-order chi connectivity index (χ0) is 21.9. The molecule has 30 heavy (non-hydrogen) atoms. The van der Waals surface area contributed by atoms with Crippen LogP contribution in [0.15, 0.2) is 47.4 Å². The molecule has 2 aromatic carbocycles. The number of benzene rings is 2. The Morgan fingerprint density at radius 1 is 1.27 bits per heavy atom. The third kappa shape index (κ3) is 4.63. The predicted molar refractivity (Wildman–Crippen MR) is 117 cm³/mol. The van der Waals surface area contributed by atoms with Crippen LogP contribution in [0.5, 0.6) is 5.75 Å². The Balaban J connectivity index is 1.74. The summed E-state index contributed by atoms with van der Waals surface area (Å²) in [7, 11) is -2.15. The van der Waals surface area contributed by atoms with E-state index in [-0.39, 0.29) is 17.3 Å². The van der Waals surface area contributed by atoms with Crippen LogP contribution in [0.3, 0.4) is 0 Å². The molecular weight excluding hydrogens is 424 g/mol. The standard InChI is InChI=1S/C22H27ClN2O4S/c1-16-19(23)9-5-10-20(16)30(27,28)25-12-6-11-22(2,15-25)21(26)24-14-17-7-4-8-18(13-17)29-3/h4-5,7-10,13H,6,11-12,14-15H2,1-3H3,(H,24,26)/t22-/m1/s1. The predicted octanol–water partition coefficient (Wildman–Crippen LogP) is 3.76. The Morgan fingerprint density at radius 2 is 2.00 bits per heavy atom. The maximum absolute atomic E-state index is 13.2. The van der Waals surface area contributed by atoms with Crippen LogP contribution < -0.4 is 10.1 Å². The van der Waals surface area contributed by atoms with Gasteiger partial charge in [0, 0.05) is 24.7 Å². The Kier molecular flexibility index (Phi) is 6.75. The highest BCUT2D eigenvalue weighted by Crippen LogP contribution is 2.34. The van der Waals surface area contributed by atoms with E-state index in [1.165, 1.54) is 4.31 Å². The number of nitrogens with zero attached hydrogens (tertiary/aromatic N) is 1. The number of sulfonamides is 1. The summed E-state index contributed by atoms with van der Waals surface area (Å²) in [6.45, 7) is 4.38. The summed E-state index contributed by atoms with van der Waals surface area (Å²) in [6.07, 6.45) is 1.24. The molecule has 1 aliphatic rings. The Hall–Kier alpha value is -2.09. The van der Waals surface area contributed by atoms with Gasteiger partial charge in [-0.3, -0.25) is 4.79 Å². The molecule has 0 spiro atoms. The van der Waals surface area contributed by atoms with E-state index in [0.717, 1.165) is 11.3 Å². The van der Waals surface area contributed by atoms with Crippen molar-refractivity contribution in [3.05, 3.63) is 58.6 Å². The van der Waals surface area contributed by atoms with Crippen molar-refractivity contribution in [3.63, 3.8) is 0 Å². The van der Waals surface area contributed by atoms with Crippen LogP contribution in [0.25, 0.3) is 0 Å². The largest absolute Gasteiger partial charge is 0.497 e. The fourth-order valence-corrected chi connectivity index (χ4v) is 5.85. The number of nitrogens with one attached hydrogen (secondary N) is 1. The van der Waals surface area contributed by atoms with Crippen LogP contribution in [0.2, 0.25) is 5.02 Å². The minimum atomic E-state index is -3.74. The van der Waals surface area contributed by atoms with E-state index >= 15 is 0 Å². The topological polar surface area (TPSA) is 75.7 Å². The molecule has 1 amide bonds. The van der Waals surface area contributed by atoms with E-state index in [0.29, 0.717) is 36.5 Å². The Labute approximate surface area is 183 Å². The van der Waals surface area contributed by atoms with E-state index in [1.807, 2.05) is 31.2 Å². The lowest BCUT2D eigenvalue weighted by atomic mass is 9.82. The van der Waals surface area contributed by atoms with Gasteiger partial charge in [0.2, 0.25) is 15.9 Å². The second-order valence-electron chi connectivity index (χ2n) is 7.90. The normalized spacial score (nSPS) is 20.0. The molecule has 0 unspecified atom stereocenters. The van der Waals surface area contributed by atoms with E-state index in [2.05, 4.69) is 5.32 Å². The maximum atomic E-state index is 13.2. The molecule has 1 heterocycles. The summed E-state index contributed by atoms with van der Waals surface area (Å²) >= 11 is 6.13. The summed E-state index contributed by atoms with van der Waals surface area (Å²) in [4.78, 5) is 13.2. The number of hydrogen-bond acceptors (Lipinski definition) is 4. The molecule has 3 rings (SSSR count). The first-order valence-corrected chi connectivity index (χ1v) is 11.7. The number of ether oxygens (including phenoxy) is 1. The van der Waals surface area contributed by atoms with Gasteiger partial charge in [-0.1, -0.05) is 29.8 Å². The van der Waals surface area contributed by atoms with Gasteiger partial charge in [-0.05, 0) is 62.1 Å². The van der Waals surface area contributed by atoms with Gasteiger partial charge in [-0.25, -0.2) is 8.42 Å². The van der Waals surface area contributed by atoms with E-state index in [1.54, 1.807) is 32.2 Å². The average Bonchev–Trinajstić information content (AvgIpc) is 2.74. The van der Waals surface area contributed by atoms with E-state index in [4.69, 9.17) is 16.3 Å². The van der Waals surface area contributed by atoms with Crippen molar-refractivity contribution in [1.82, 2.24) is 9.62 Å². The molecule has 1 aliphatic heterocycles. The number of carbonyl (C=O) groups excluding carboxylic acids is 1. The van der Waals surface area contributed by atoms with Crippen molar-refractivity contribution < 1.29 is 17.9 Å². The fourth-order valence-electron chi connectivity index (χ4n) is 3.77. The van der Waals surface area contributed by atoms with Gasteiger partial charge in [0.15, 0.2) is 0 Å². The Bertz CT molecular complexity index is 1040. The summed E-state index contributed by atoms with van der Waals surface area (Å²) in [5.74, 6) is 0.563. The lowest BCUT2D eigenvalue weighted by Gasteiger charge is -2.38. The Morgan fingerprint density at radius 3 is 2.73 bits per heavy atom. The maximum Gasteiger partial charge on any atom is 0.243 e. The van der Waals surface area contributed by atoms with Crippen molar-refractivity contribution in [2.75, 3.05) is 20.2 Å². The molecule has 0 bridgehead atoms. The SMILES string of the molecule is COc1cccc(CNC(=O)[C@]2(C)CCCN(S(=O)(=O)c3cccc(Cl)c3C)C2)c1. The monoisotopic (exact) mass is 450 g/mol. The van der Waals surface area contributed by atoms with Crippen molar-refractivity contribution in [2.24, 2.45) is 5.41 Å². The van der Waals surface area contributed by atoms with Crippen LogP contribution in [-0.2, 0) is 21.4 Å². The van der Waals surface area contributed by atoms with Crippen molar-refractivity contribution in [3.8, 4) is 5.75 Å². The molecule has 0 aromatic heterocycles. The number of rotatable bonds is 6. The van der Waals surface area contributed by atoms with Crippen LogP contribution in [0.4, 0.5) is 0 Å². The van der Waals surface area contributed by atoms with Crippen LogP contribution in [0.1, 0.15) is 30.9 Å². The molecule has 1 fully saturated rings. The summed E-state index contributed by atoms with van der Waals surface area (Å²) in [5.41, 5.74) is 0.631. The quantitative estimate of drug-likeness (QED) is 0.726. The zero-order valence-electron chi connectivity index (χ0n) is 17.4. The molecule has 0 radical (unpaired) electrons. The number of carbonyl (C=O) groups is 1. The third-order valence-corrected chi connectivity index (χ3v) is 8.03. The number of methoxy groups -OCH3 is 1. The lowest BCUT2D eigenvalue weighted by molar-refractivity contribution is -0.132. The van der Waals surface area contributed by atoms with Crippen molar-refractivity contribution in [2.45, 2.75) is 38.1 Å². The first kappa shape index (κ1) is 22.6. The van der Waals surface area contributed by atoms with Gasteiger partial charge in [-0.15, -0.1) is 0 Å². The zero-order valence-corrected chi connectivity index (χ0v) is 19.0. The lowest BCUT2D eigenvalue weighted by Crippen LogP contribution is -2.51. The first-order chi connectivity index (χ1) is 14.2. The average molecular weight is 451 g/mol. The number of hydrogen-bond donors (Lipinski definition) is 1. The van der Waals surface area contributed by atoms with Gasteiger partial charge >= 0.3 is 0 Å². The van der Waals surface area contributed by atoms with Gasteiger partial charge in [0.1, 0.15) is 5.75 Å². The molecule has 1 saturated heterocycles. The number of amides is 1. The second-order valence-corrected chi connectivity index (χ2v) is 10.2. The highest BCUT2D eigenvalue weighted by Gasteiger charge is 2.42. The molecular formula is C22H27ClN2O4S. The van der Waals surface area contributed by atoms with E-state index in [9.17, 15) is 13.2 Å². The van der Waals surface area contributed by atoms with Gasteiger partial charge in [0.25, 0.3) is 0 Å². The summed E-state index contributed by atoms with van der Waals surface area (Å²) in [5, 5.41) is 3.36. The first-order valence-electron chi connectivity index (χ1n) is 9.84. The minimum absolute atomic E-state index is 0.130. The van der Waals surface area contributed by atoms with Crippen LogP contribution in [-0.4, -0.2) is 38.8 Å². The molecule has 0 aliphatic carbocycles. The van der Waals surface area contributed by atoms with Gasteiger partial charge in [-0.2, -0.15) is 4.31 Å². The molecule has 0 saturated carbocycles. The van der Waals surface area contributed by atoms with Crippen molar-refractivity contribution >= 4 is 27.5 Å². The fraction of sp³-hybridized carbons (Fsp3) is 0.409. The van der Waals surface area contributed by atoms with E-state index < -0.39 is 15.4 Å². The molecule has 8 heteroatoms. The molecule has 6 nitrogen and oxygen atoms in total. The summed E-state index contributed by atoms with van der Waals surface area (Å²) < 4.78 is 33.1. The number of piperidine rings is 1. The summed E-state index contributed by atoms with van der Waals surface area (Å²) in [6, 6.07) is 12.3. The smallest absolute Gasteiger partial charge is 0.243 e. The van der Waals surface area contributed by atoms with Crippen LogP contribution >= 0.6 is 11.6 Å². The minimum Gasteiger partial charge on any atom is -0.497 e. The molecule has 2 aromatic rings. The van der Waals surface area contributed by atoms with Crippen molar-refractivity contribution in [1.29, 1.82) is 0 Å². The molecule has 162 valence electrons. The number of halogens is 1. The molecule has 1 atom stereocenters.